The predicted octanol–water partition coefficient (Wildman–Crippen LogP) is 3.19. The number of nitrogens with zero attached hydrogens (tertiary/aromatic N) is 3. The van der Waals surface area contributed by atoms with Crippen LogP contribution in [-0.4, -0.2) is 80.9 Å². The van der Waals surface area contributed by atoms with Crippen molar-refractivity contribution in [2.24, 2.45) is 16.8 Å². The van der Waals surface area contributed by atoms with Crippen LogP contribution in [0.25, 0.3) is 0 Å². The van der Waals surface area contributed by atoms with Crippen LogP contribution in [0.2, 0.25) is 0 Å². The molecule has 8 heteroatoms. The largest absolute Gasteiger partial charge is 0.444 e. The summed E-state index contributed by atoms with van der Waals surface area (Å²) >= 11 is 0. The normalized spacial score (nSPS) is 20.4. The number of hydrogen-bond donors (Lipinski definition) is 1. The zero-order chi connectivity index (χ0) is 19.9. The van der Waals surface area contributed by atoms with E-state index in [9.17, 15) is 4.79 Å². The average molecular weight is 510 g/mol. The fourth-order valence-electron chi connectivity index (χ4n) is 3.19. The molecule has 1 aliphatic carbocycles. The minimum atomic E-state index is -0.450. The third-order valence-electron chi connectivity index (χ3n) is 4.91. The fourth-order valence-corrected chi connectivity index (χ4v) is 3.19. The molecule has 2 aliphatic rings. The highest BCUT2D eigenvalue weighted by molar-refractivity contribution is 14.0. The number of likely N-dealkylation sites (N-methyl/N-ethyl adjacent to an activating group) is 1. The summed E-state index contributed by atoms with van der Waals surface area (Å²) in [5.74, 6) is 2.08. The Hall–Kier alpha value is -0.770. The molecule has 0 radical (unpaired) electrons. The molecule has 1 aliphatic heterocycles. The second-order valence-corrected chi connectivity index (χ2v) is 8.80. The van der Waals surface area contributed by atoms with Crippen molar-refractivity contribution in [3.05, 3.63) is 0 Å². The van der Waals surface area contributed by atoms with Gasteiger partial charge in [-0.25, -0.2) is 4.79 Å². The zero-order valence-electron chi connectivity index (χ0n) is 18.2. The van der Waals surface area contributed by atoms with Gasteiger partial charge < -0.3 is 24.6 Å². The summed E-state index contributed by atoms with van der Waals surface area (Å²) in [6.07, 6.45) is 4.55. The van der Waals surface area contributed by atoms with Crippen molar-refractivity contribution >= 4 is 36.0 Å². The summed E-state index contributed by atoms with van der Waals surface area (Å²) in [5, 5.41) is 3.45. The lowest BCUT2D eigenvalue weighted by atomic mass is 9.98. The van der Waals surface area contributed by atoms with E-state index in [4.69, 9.17) is 9.47 Å². The summed E-state index contributed by atoms with van der Waals surface area (Å²) in [7, 11) is 3.83. The second kappa shape index (κ2) is 12.0. The number of carbonyl (C=O) groups excluding carboxylic acids is 1. The molecule has 1 saturated carbocycles. The standard InChI is InChI=1S/C20H38N4O3.HI/c1-20(2,3)27-19(25)24-10-6-7-17(14-24)13-22-18(21-4)23(5)11-12-26-15-16-8-9-16;/h16-17H,6-15H2,1-5H3,(H,21,22);1H. The highest BCUT2D eigenvalue weighted by Crippen LogP contribution is 2.28. The number of hydrogen-bond acceptors (Lipinski definition) is 4. The van der Waals surface area contributed by atoms with E-state index in [1.165, 1.54) is 12.8 Å². The van der Waals surface area contributed by atoms with E-state index in [2.05, 4.69) is 15.2 Å². The van der Waals surface area contributed by atoms with Gasteiger partial charge in [-0.05, 0) is 58.3 Å². The molecular formula is C20H39IN4O3. The van der Waals surface area contributed by atoms with Gasteiger partial charge in [0.05, 0.1) is 6.61 Å². The molecule has 1 unspecified atom stereocenters. The highest BCUT2D eigenvalue weighted by Gasteiger charge is 2.27. The molecular weight excluding hydrogens is 471 g/mol. The summed E-state index contributed by atoms with van der Waals surface area (Å²) in [6.45, 7) is 10.5. The number of aliphatic imine (C=N–C) groups is 1. The lowest BCUT2D eigenvalue weighted by Gasteiger charge is -2.34. The molecule has 1 amide bonds. The molecule has 0 aromatic carbocycles. The van der Waals surface area contributed by atoms with Crippen LogP contribution in [-0.2, 0) is 9.47 Å². The molecule has 164 valence electrons. The van der Waals surface area contributed by atoms with Crippen molar-refractivity contribution in [1.29, 1.82) is 0 Å². The summed E-state index contributed by atoms with van der Waals surface area (Å²) in [5.41, 5.74) is -0.450. The van der Waals surface area contributed by atoms with E-state index in [0.29, 0.717) is 5.92 Å². The minimum absolute atomic E-state index is 0. The van der Waals surface area contributed by atoms with E-state index in [1.54, 1.807) is 7.05 Å². The minimum Gasteiger partial charge on any atom is -0.444 e. The first kappa shape index (κ1) is 25.3. The topological polar surface area (TPSA) is 66.4 Å². The third kappa shape index (κ3) is 9.62. The molecule has 0 spiro atoms. The first-order valence-electron chi connectivity index (χ1n) is 10.3. The molecule has 0 aromatic heterocycles. The molecule has 0 aromatic rings. The van der Waals surface area contributed by atoms with E-state index < -0.39 is 5.60 Å². The zero-order valence-corrected chi connectivity index (χ0v) is 20.5. The lowest BCUT2D eigenvalue weighted by molar-refractivity contribution is 0.0168. The van der Waals surface area contributed by atoms with Crippen LogP contribution >= 0.6 is 24.0 Å². The number of ether oxygens (including phenoxy) is 2. The van der Waals surface area contributed by atoms with Gasteiger partial charge in [-0.1, -0.05) is 0 Å². The molecule has 1 saturated heterocycles. The van der Waals surface area contributed by atoms with Crippen molar-refractivity contribution in [2.75, 3.05) is 53.5 Å². The lowest BCUT2D eigenvalue weighted by Crippen LogP contribution is -2.47. The Bertz CT molecular complexity index is 506. The molecule has 7 nitrogen and oxygen atoms in total. The van der Waals surface area contributed by atoms with Gasteiger partial charge in [0.25, 0.3) is 0 Å². The van der Waals surface area contributed by atoms with Crippen LogP contribution in [0, 0.1) is 11.8 Å². The summed E-state index contributed by atoms with van der Waals surface area (Å²) in [4.78, 5) is 20.6. The van der Waals surface area contributed by atoms with Crippen molar-refractivity contribution in [1.82, 2.24) is 15.1 Å². The van der Waals surface area contributed by atoms with Gasteiger partial charge in [0.2, 0.25) is 0 Å². The van der Waals surface area contributed by atoms with Crippen molar-refractivity contribution in [3.63, 3.8) is 0 Å². The van der Waals surface area contributed by atoms with Crippen molar-refractivity contribution in [3.8, 4) is 0 Å². The van der Waals surface area contributed by atoms with Gasteiger partial charge in [0, 0.05) is 46.9 Å². The Morgan fingerprint density at radius 1 is 1.25 bits per heavy atom. The number of guanidine groups is 1. The Kier molecular flexibility index (Phi) is 10.9. The quantitative estimate of drug-likeness (QED) is 0.247. The number of halogens is 1. The first-order valence-corrected chi connectivity index (χ1v) is 10.3. The van der Waals surface area contributed by atoms with Gasteiger partial charge in [0.15, 0.2) is 5.96 Å². The van der Waals surface area contributed by atoms with Crippen LogP contribution in [0.5, 0.6) is 0 Å². The average Bonchev–Trinajstić information content (AvgIpc) is 3.42. The van der Waals surface area contributed by atoms with Crippen LogP contribution in [0.4, 0.5) is 4.79 Å². The van der Waals surface area contributed by atoms with Crippen LogP contribution in [0.3, 0.4) is 0 Å². The number of amides is 1. The predicted molar refractivity (Wildman–Crippen MR) is 123 cm³/mol. The van der Waals surface area contributed by atoms with Crippen molar-refractivity contribution < 1.29 is 14.3 Å². The fraction of sp³-hybridized carbons (Fsp3) is 0.900. The number of carbonyl (C=O) groups is 1. The molecule has 2 rings (SSSR count). The third-order valence-corrected chi connectivity index (χ3v) is 4.91. The van der Waals surface area contributed by atoms with Gasteiger partial charge in [-0.2, -0.15) is 0 Å². The monoisotopic (exact) mass is 510 g/mol. The maximum absolute atomic E-state index is 12.3. The first-order chi connectivity index (χ1) is 12.8. The number of nitrogens with one attached hydrogen (secondary N) is 1. The smallest absolute Gasteiger partial charge is 0.410 e. The van der Waals surface area contributed by atoms with E-state index in [0.717, 1.165) is 64.1 Å². The molecule has 1 atom stereocenters. The molecule has 1 N–H and O–H groups in total. The van der Waals surface area contributed by atoms with E-state index in [-0.39, 0.29) is 30.1 Å². The van der Waals surface area contributed by atoms with E-state index >= 15 is 0 Å². The SMILES string of the molecule is CN=C(NCC1CCCN(C(=O)OC(C)(C)C)C1)N(C)CCOCC1CC1.I. The van der Waals surface area contributed by atoms with Crippen LogP contribution < -0.4 is 5.32 Å². The maximum atomic E-state index is 12.3. The molecule has 0 bridgehead atoms. The van der Waals surface area contributed by atoms with Gasteiger partial charge in [-0.3, -0.25) is 4.99 Å². The Morgan fingerprint density at radius 2 is 1.96 bits per heavy atom. The highest BCUT2D eigenvalue weighted by atomic mass is 127. The maximum Gasteiger partial charge on any atom is 0.410 e. The Morgan fingerprint density at radius 3 is 2.57 bits per heavy atom. The molecule has 2 fully saturated rings. The van der Waals surface area contributed by atoms with Crippen LogP contribution in [0.1, 0.15) is 46.5 Å². The van der Waals surface area contributed by atoms with Crippen LogP contribution in [0.15, 0.2) is 4.99 Å². The second-order valence-electron chi connectivity index (χ2n) is 8.80. The number of rotatable bonds is 7. The van der Waals surface area contributed by atoms with Gasteiger partial charge >= 0.3 is 6.09 Å². The van der Waals surface area contributed by atoms with E-state index in [1.807, 2.05) is 32.7 Å². The Balaban J connectivity index is 0.00000392. The number of piperidine rings is 1. The van der Waals surface area contributed by atoms with Gasteiger partial charge in [-0.15, -0.1) is 24.0 Å². The van der Waals surface area contributed by atoms with Crippen molar-refractivity contribution in [2.45, 2.75) is 52.1 Å². The Labute approximate surface area is 187 Å². The molecule has 28 heavy (non-hydrogen) atoms. The molecule has 1 heterocycles. The summed E-state index contributed by atoms with van der Waals surface area (Å²) in [6, 6.07) is 0. The van der Waals surface area contributed by atoms with Gasteiger partial charge in [0.1, 0.15) is 5.60 Å². The number of likely N-dealkylation sites (tertiary alicyclic amines) is 1. The summed E-state index contributed by atoms with van der Waals surface area (Å²) < 4.78 is 11.2.